The Kier molecular flexibility index (Phi) is 4.59. The van der Waals surface area contributed by atoms with E-state index in [1.165, 1.54) is 32.1 Å². The molecule has 4 heteroatoms. The molecule has 0 saturated heterocycles. The molecule has 0 aliphatic heterocycles. The number of amides is 1. The molecule has 18 heavy (non-hydrogen) atoms. The van der Waals surface area contributed by atoms with E-state index in [2.05, 4.69) is 16.9 Å². The van der Waals surface area contributed by atoms with E-state index in [4.69, 9.17) is 0 Å². The van der Waals surface area contributed by atoms with Gasteiger partial charge in [0, 0.05) is 23.3 Å². The smallest absolute Gasteiger partial charge is 0.221 e. The summed E-state index contributed by atoms with van der Waals surface area (Å²) in [6, 6.07) is 0. The van der Waals surface area contributed by atoms with Gasteiger partial charge >= 0.3 is 0 Å². The van der Waals surface area contributed by atoms with E-state index < -0.39 is 0 Å². The highest BCUT2D eigenvalue weighted by Crippen LogP contribution is 2.46. The Balaban J connectivity index is 1.78. The molecule has 3 nitrogen and oxygen atoms in total. The second-order valence-electron chi connectivity index (χ2n) is 5.93. The lowest BCUT2D eigenvalue weighted by Crippen LogP contribution is -2.48. The van der Waals surface area contributed by atoms with E-state index in [1.54, 1.807) is 0 Å². The highest BCUT2D eigenvalue weighted by molar-refractivity contribution is 8.00. The zero-order valence-electron chi connectivity index (χ0n) is 11.7. The third kappa shape index (κ3) is 3.41. The lowest BCUT2D eigenvalue weighted by atomic mass is 9.79. The van der Waals surface area contributed by atoms with Crippen molar-refractivity contribution in [1.82, 2.24) is 10.6 Å². The van der Waals surface area contributed by atoms with Gasteiger partial charge in [-0.2, -0.15) is 11.8 Å². The van der Waals surface area contributed by atoms with Gasteiger partial charge in [0.25, 0.3) is 0 Å². The second kappa shape index (κ2) is 5.83. The highest BCUT2D eigenvalue weighted by atomic mass is 32.2. The molecular weight excluding hydrogens is 244 g/mol. The van der Waals surface area contributed by atoms with Crippen LogP contribution in [0.2, 0.25) is 0 Å². The molecule has 2 N–H and O–H groups in total. The number of carbonyl (C=O) groups is 1. The number of hydrogen-bond acceptors (Lipinski definition) is 3. The van der Waals surface area contributed by atoms with Crippen LogP contribution in [0, 0.1) is 0 Å². The fourth-order valence-electron chi connectivity index (χ4n) is 2.97. The van der Waals surface area contributed by atoms with Crippen molar-refractivity contribution in [2.45, 2.75) is 61.7 Å². The lowest BCUT2D eigenvalue weighted by Gasteiger charge is -2.36. The van der Waals surface area contributed by atoms with Crippen LogP contribution in [0.4, 0.5) is 0 Å². The van der Waals surface area contributed by atoms with Crippen LogP contribution in [-0.2, 0) is 4.79 Å². The first-order valence-electron chi connectivity index (χ1n) is 7.14. The molecule has 0 unspecified atom stereocenters. The van der Waals surface area contributed by atoms with Gasteiger partial charge in [0.05, 0.1) is 0 Å². The molecule has 0 heterocycles. The van der Waals surface area contributed by atoms with Gasteiger partial charge < -0.3 is 10.6 Å². The van der Waals surface area contributed by atoms with Crippen molar-refractivity contribution in [3.8, 4) is 0 Å². The third-order valence-electron chi connectivity index (χ3n) is 4.69. The molecule has 0 aromatic rings. The average Bonchev–Trinajstić information content (AvgIpc) is 3.18. The van der Waals surface area contributed by atoms with Crippen LogP contribution >= 0.6 is 11.8 Å². The molecule has 2 rings (SSSR count). The Hall–Kier alpha value is -0.220. The van der Waals surface area contributed by atoms with Crippen LogP contribution in [0.5, 0.6) is 0 Å². The maximum absolute atomic E-state index is 12.1. The number of rotatable bonds is 6. The second-order valence-corrected chi connectivity index (χ2v) is 7.21. The normalized spacial score (nSPS) is 24.6. The van der Waals surface area contributed by atoms with Crippen LogP contribution in [0.3, 0.4) is 0 Å². The summed E-state index contributed by atoms with van der Waals surface area (Å²) < 4.78 is 0.370. The van der Waals surface area contributed by atoms with Crippen molar-refractivity contribution >= 4 is 17.7 Å². The predicted octanol–water partition coefficient (Wildman–Crippen LogP) is 2.31. The summed E-state index contributed by atoms with van der Waals surface area (Å²) in [6.45, 7) is 0.854. The molecule has 2 saturated carbocycles. The Labute approximate surface area is 115 Å². The van der Waals surface area contributed by atoms with Crippen molar-refractivity contribution < 1.29 is 4.79 Å². The largest absolute Gasteiger partial charge is 0.355 e. The molecule has 1 amide bonds. The standard InChI is InChI=1S/C14H26N2OS/c1-15-13(6-4-3-5-7-13)10-12(17)16-11-14(18-2)8-9-14/h15H,3-11H2,1-2H3,(H,16,17). The fourth-order valence-corrected chi connectivity index (χ4v) is 3.69. The molecule has 0 aromatic carbocycles. The number of carbonyl (C=O) groups excluding carboxylic acids is 1. The molecule has 104 valence electrons. The minimum Gasteiger partial charge on any atom is -0.355 e. The number of nitrogens with one attached hydrogen (secondary N) is 2. The molecule has 2 aliphatic carbocycles. The summed E-state index contributed by atoms with van der Waals surface area (Å²) in [4.78, 5) is 12.1. The van der Waals surface area contributed by atoms with Crippen LogP contribution < -0.4 is 10.6 Å². The van der Waals surface area contributed by atoms with E-state index >= 15 is 0 Å². The van der Waals surface area contributed by atoms with E-state index in [0.717, 1.165) is 19.4 Å². The molecule has 2 fully saturated rings. The van der Waals surface area contributed by atoms with Gasteiger partial charge in [-0.3, -0.25) is 4.79 Å². The SMILES string of the molecule is CNC1(CC(=O)NCC2(SC)CC2)CCCCC1. The van der Waals surface area contributed by atoms with Crippen LogP contribution in [0.1, 0.15) is 51.4 Å². The van der Waals surface area contributed by atoms with E-state index in [9.17, 15) is 4.79 Å². The van der Waals surface area contributed by atoms with Crippen LogP contribution in [0.15, 0.2) is 0 Å². The van der Waals surface area contributed by atoms with Gasteiger partial charge in [-0.15, -0.1) is 0 Å². The van der Waals surface area contributed by atoms with Gasteiger partial charge in [-0.25, -0.2) is 0 Å². The minimum absolute atomic E-state index is 0.0679. The van der Waals surface area contributed by atoms with Crippen molar-refractivity contribution in [3.05, 3.63) is 0 Å². The fraction of sp³-hybridized carbons (Fsp3) is 0.929. The summed E-state index contributed by atoms with van der Waals surface area (Å²) in [5.41, 5.74) is 0.0679. The third-order valence-corrected chi connectivity index (χ3v) is 6.11. The summed E-state index contributed by atoms with van der Waals surface area (Å²) in [7, 11) is 2.00. The highest BCUT2D eigenvalue weighted by Gasteiger charge is 2.42. The number of thioether (sulfide) groups is 1. The molecule has 0 aromatic heterocycles. The van der Waals surface area contributed by atoms with Crippen LogP contribution in [-0.4, -0.2) is 36.0 Å². The van der Waals surface area contributed by atoms with E-state index in [1.807, 2.05) is 18.8 Å². The predicted molar refractivity (Wildman–Crippen MR) is 78.0 cm³/mol. The van der Waals surface area contributed by atoms with E-state index in [0.29, 0.717) is 11.2 Å². The minimum atomic E-state index is 0.0679. The topological polar surface area (TPSA) is 41.1 Å². The Bertz CT molecular complexity index is 296. The van der Waals surface area contributed by atoms with Crippen molar-refractivity contribution in [1.29, 1.82) is 0 Å². The molecule has 0 bridgehead atoms. The summed E-state index contributed by atoms with van der Waals surface area (Å²) in [5, 5.41) is 6.55. The van der Waals surface area contributed by atoms with Crippen molar-refractivity contribution in [2.75, 3.05) is 19.8 Å². The van der Waals surface area contributed by atoms with Crippen molar-refractivity contribution in [3.63, 3.8) is 0 Å². The van der Waals surface area contributed by atoms with Gasteiger partial charge in [-0.05, 0) is 39.0 Å². The van der Waals surface area contributed by atoms with Gasteiger partial charge in [-0.1, -0.05) is 19.3 Å². The quantitative estimate of drug-likeness (QED) is 0.778. The lowest BCUT2D eigenvalue weighted by molar-refractivity contribution is -0.122. The Morgan fingerprint density at radius 2 is 1.83 bits per heavy atom. The first-order valence-corrected chi connectivity index (χ1v) is 8.37. The first kappa shape index (κ1) is 14.2. The Morgan fingerprint density at radius 3 is 2.33 bits per heavy atom. The van der Waals surface area contributed by atoms with Gasteiger partial charge in [0.1, 0.15) is 0 Å². The molecule has 0 radical (unpaired) electrons. The first-order chi connectivity index (χ1) is 8.64. The molecule has 2 aliphatic rings. The maximum Gasteiger partial charge on any atom is 0.221 e. The summed E-state index contributed by atoms with van der Waals surface area (Å²) in [5.74, 6) is 0.228. The van der Waals surface area contributed by atoms with Crippen molar-refractivity contribution in [2.24, 2.45) is 0 Å². The molecular formula is C14H26N2OS. The Morgan fingerprint density at radius 1 is 1.17 bits per heavy atom. The monoisotopic (exact) mass is 270 g/mol. The average molecular weight is 270 g/mol. The summed E-state index contributed by atoms with van der Waals surface area (Å²) >= 11 is 1.90. The number of hydrogen-bond donors (Lipinski definition) is 2. The van der Waals surface area contributed by atoms with Gasteiger partial charge in [0.15, 0.2) is 0 Å². The van der Waals surface area contributed by atoms with E-state index in [-0.39, 0.29) is 11.4 Å². The molecule has 0 spiro atoms. The maximum atomic E-state index is 12.1. The van der Waals surface area contributed by atoms with Gasteiger partial charge in [0.2, 0.25) is 5.91 Å². The van der Waals surface area contributed by atoms with Crippen LogP contribution in [0.25, 0.3) is 0 Å². The zero-order valence-corrected chi connectivity index (χ0v) is 12.5. The molecule has 0 atom stereocenters. The zero-order chi connectivity index (χ0) is 13.1. The summed E-state index contributed by atoms with van der Waals surface area (Å²) in [6.07, 6.45) is 11.4.